The van der Waals surface area contributed by atoms with Crippen molar-refractivity contribution < 1.29 is 0 Å². The summed E-state index contributed by atoms with van der Waals surface area (Å²) in [5, 5.41) is 0. The van der Waals surface area contributed by atoms with Crippen LogP contribution in [0.2, 0.25) is 0 Å². The standard InChI is InChI=1S/C27H40/c1-19(18-20-14-12-11-13-15-20)21-16-17-22(25(2,3)4)24(27(8,9)10)23(21)26(5,6)7/h11-17,19H,18H2,1-10H3. The molecule has 0 aliphatic heterocycles. The number of hydrogen-bond acceptors (Lipinski definition) is 0. The van der Waals surface area contributed by atoms with E-state index in [0.29, 0.717) is 5.92 Å². The fourth-order valence-corrected chi connectivity index (χ4v) is 4.32. The summed E-state index contributed by atoms with van der Waals surface area (Å²) in [6, 6.07) is 15.7. The predicted molar refractivity (Wildman–Crippen MR) is 121 cm³/mol. The molecule has 1 unspecified atom stereocenters. The predicted octanol–water partition coefficient (Wildman–Crippen LogP) is 7.93. The van der Waals surface area contributed by atoms with Gasteiger partial charge in [-0.1, -0.05) is 112 Å². The van der Waals surface area contributed by atoms with Crippen LogP contribution in [0.4, 0.5) is 0 Å². The van der Waals surface area contributed by atoms with Crippen molar-refractivity contribution in [2.24, 2.45) is 0 Å². The van der Waals surface area contributed by atoms with Crippen LogP contribution in [0, 0.1) is 0 Å². The summed E-state index contributed by atoms with van der Waals surface area (Å²) in [5.41, 5.74) is 7.93. The first kappa shape index (κ1) is 21.7. The highest BCUT2D eigenvalue weighted by Crippen LogP contribution is 2.44. The van der Waals surface area contributed by atoms with Crippen molar-refractivity contribution in [2.75, 3.05) is 0 Å². The first-order chi connectivity index (χ1) is 12.2. The molecular weight excluding hydrogens is 324 g/mol. The van der Waals surface area contributed by atoms with Crippen LogP contribution in [-0.2, 0) is 22.7 Å². The van der Waals surface area contributed by atoms with Crippen molar-refractivity contribution in [3.8, 4) is 0 Å². The molecule has 2 aromatic rings. The maximum absolute atomic E-state index is 2.42. The Hall–Kier alpha value is -1.56. The van der Waals surface area contributed by atoms with Gasteiger partial charge in [0, 0.05) is 0 Å². The second kappa shape index (κ2) is 7.46. The molecule has 0 fully saturated rings. The molecule has 0 nitrogen and oxygen atoms in total. The summed E-state index contributed by atoms with van der Waals surface area (Å²) in [6.07, 6.45) is 1.09. The highest BCUT2D eigenvalue weighted by Gasteiger charge is 2.34. The normalized spacial score (nSPS) is 14.3. The lowest BCUT2D eigenvalue weighted by atomic mass is 9.66. The van der Waals surface area contributed by atoms with Gasteiger partial charge in [-0.15, -0.1) is 0 Å². The first-order valence-electron chi connectivity index (χ1n) is 10.4. The third-order valence-corrected chi connectivity index (χ3v) is 5.46. The van der Waals surface area contributed by atoms with E-state index in [1.165, 1.54) is 16.7 Å². The van der Waals surface area contributed by atoms with Crippen LogP contribution >= 0.6 is 0 Å². The Morgan fingerprint density at radius 1 is 0.630 bits per heavy atom. The van der Waals surface area contributed by atoms with Crippen LogP contribution in [0.3, 0.4) is 0 Å². The second-order valence-corrected chi connectivity index (χ2v) is 11.3. The average Bonchev–Trinajstić information content (AvgIpc) is 2.51. The Kier molecular flexibility index (Phi) is 6.00. The highest BCUT2D eigenvalue weighted by molar-refractivity contribution is 5.52. The third-order valence-electron chi connectivity index (χ3n) is 5.46. The van der Waals surface area contributed by atoms with Gasteiger partial charge >= 0.3 is 0 Å². The van der Waals surface area contributed by atoms with Gasteiger partial charge in [0.25, 0.3) is 0 Å². The van der Waals surface area contributed by atoms with Gasteiger partial charge in [0.05, 0.1) is 0 Å². The molecule has 0 aliphatic carbocycles. The molecule has 0 heteroatoms. The van der Waals surface area contributed by atoms with Gasteiger partial charge < -0.3 is 0 Å². The van der Waals surface area contributed by atoms with Gasteiger partial charge in [0.15, 0.2) is 0 Å². The Morgan fingerprint density at radius 3 is 1.59 bits per heavy atom. The molecule has 0 bridgehead atoms. The van der Waals surface area contributed by atoms with Crippen molar-refractivity contribution in [1.29, 1.82) is 0 Å². The molecule has 0 saturated heterocycles. The third kappa shape index (κ3) is 5.03. The molecule has 2 aromatic carbocycles. The average molecular weight is 365 g/mol. The summed E-state index contributed by atoms with van der Waals surface area (Å²) < 4.78 is 0. The van der Waals surface area contributed by atoms with Crippen molar-refractivity contribution in [1.82, 2.24) is 0 Å². The van der Waals surface area contributed by atoms with Crippen molar-refractivity contribution in [2.45, 2.75) is 97.8 Å². The van der Waals surface area contributed by atoms with E-state index in [-0.39, 0.29) is 16.2 Å². The SMILES string of the molecule is CC(Cc1ccccc1)c1ccc(C(C)(C)C)c(C(C)(C)C)c1C(C)(C)C. The van der Waals surface area contributed by atoms with E-state index in [2.05, 4.69) is 112 Å². The molecular formula is C27H40. The fraction of sp³-hybridized carbons (Fsp3) is 0.556. The Balaban J connectivity index is 2.72. The van der Waals surface area contributed by atoms with Crippen LogP contribution in [0.5, 0.6) is 0 Å². The molecule has 0 aromatic heterocycles. The molecule has 0 aliphatic rings. The maximum Gasteiger partial charge on any atom is -0.0126 e. The molecule has 0 heterocycles. The van der Waals surface area contributed by atoms with Gasteiger partial charge in [0.1, 0.15) is 0 Å². The molecule has 0 radical (unpaired) electrons. The molecule has 0 N–H and O–H groups in total. The minimum absolute atomic E-state index is 0.115. The van der Waals surface area contributed by atoms with E-state index in [4.69, 9.17) is 0 Å². The van der Waals surface area contributed by atoms with E-state index in [1.807, 2.05) is 0 Å². The van der Waals surface area contributed by atoms with E-state index >= 15 is 0 Å². The summed E-state index contributed by atoms with van der Waals surface area (Å²) in [7, 11) is 0. The first-order valence-corrected chi connectivity index (χ1v) is 10.4. The summed E-state index contributed by atoms with van der Waals surface area (Å²) in [6.45, 7) is 23.7. The van der Waals surface area contributed by atoms with Crippen LogP contribution in [0.1, 0.15) is 103 Å². The topological polar surface area (TPSA) is 0 Å². The van der Waals surface area contributed by atoms with Gasteiger partial charge in [-0.2, -0.15) is 0 Å². The quantitative estimate of drug-likeness (QED) is 0.518. The number of rotatable bonds is 3. The van der Waals surface area contributed by atoms with Crippen molar-refractivity contribution in [3.05, 3.63) is 70.3 Å². The monoisotopic (exact) mass is 364 g/mol. The zero-order valence-corrected chi connectivity index (χ0v) is 19.3. The van der Waals surface area contributed by atoms with Gasteiger partial charge in [-0.25, -0.2) is 0 Å². The minimum Gasteiger partial charge on any atom is -0.0622 e. The molecule has 27 heavy (non-hydrogen) atoms. The Bertz CT molecular complexity index is 759. The van der Waals surface area contributed by atoms with Gasteiger partial charge in [-0.3, -0.25) is 0 Å². The molecule has 0 amide bonds. The van der Waals surface area contributed by atoms with Gasteiger partial charge in [-0.05, 0) is 56.4 Å². The van der Waals surface area contributed by atoms with Crippen molar-refractivity contribution in [3.63, 3.8) is 0 Å². The minimum atomic E-state index is 0.115. The summed E-state index contributed by atoms with van der Waals surface area (Å²) >= 11 is 0. The van der Waals surface area contributed by atoms with Crippen LogP contribution in [-0.4, -0.2) is 0 Å². The molecule has 1 atom stereocenters. The largest absolute Gasteiger partial charge is 0.0622 e. The zero-order valence-electron chi connectivity index (χ0n) is 19.3. The Morgan fingerprint density at radius 2 is 1.15 bits per heavy atom. The molecule has 2 rings (SSSR count). The van der Waals surface area contributed by atoms with E-state index in [1.54, 1.807) is 11.1 Å². The van der Waals surface area contributed by atoms with Crippen LogP contribution < -0.4 is 0 Å². The van der Waals surface area contributed by atoms with Gasteiger partial charge in [0.2, 0.25) is 0 Å². The van der Waals surface area contributed by atoms with E-state index < -0.39 is 0 Å². The maximum atomic E-state index is 2.42. The second-order valence-electron chi connectivity index (χ2n) is 11.3. The molecule has 0 saturated carbocycles. The van der Waals surface area contributed by atoms with Crippen molar-refractivity contribution >= 4 is 0 Å². The lowest BCUT2D eigenvalue weighted by Crippen LogP contribution is -2.30. The van der Waals surface area contributed by atoms with Crippen LogP contribution in [0.15, 0.2) is 42.5 Å². The molecule has 148 valence electrons. The highest BCUT2D eigenvalue weighted by atomic mass is 14.4. The zero-order chi connectivity index (χ0) is 20.6. The number of hydrogen-bond donors (Lipinski definition) is 0. The fourth-order valence-electron chi connectivity index (χ4n) is 4.32. The lowest BCUT2D eigenvalue weighted by molar-refractivity contribution is 0.490. The van der Waals surface area contributed by atoms with Crippen LogP contribution in [0.25, 0.3) is 0 Å². The van der Waals surface area contributed by atoms with E-state index in [0.717, 1.165) is 6.42 Å². The number of benzene rings is 2. The Labute approximate surface area is 168 Å². The molecule has 0 spiro atoms. The lowest BCUT2D eigenvalue weighted by Gasteiger charge is -2.39. The summed E-state index contributed by atoms with van der Waals surface area (Å²) in [4.78, 5) is 0. The smallest absolute Gasteiger partial charge is 0.0126 e. The summed E-state index contributed by atoms with van der Waals surface area (Å²) in [5.74, 6) is 0.497. The van der Waals surface area contributed by atoms with E-state index in [9.17, 15) is 0 Å².